The molecule has 0 bridgehead atoms. The number of hydrogen-bond acceptors (Lipinski definition) is 4. The largest absolute Gasteiger partial charge is 0.390 e. The Labute approximate surface area is 92.6 Å². The van der Waals surface area contributed by atoms with Crippen LogP contribution >= 0.6 is 0 Å². The molecule has 0 amide bonds. The highest BCUT2D eigenvalue weighted by Crippen LogP contribution is 2.23. The van der Waals surface area contributed by atoms with Gasteiger partial charge in [-0.15, -0.1) is 4.91 Å². The molecule has 1 heterocycles. The molecular formula is C12H10N2O2. The van der Waals surface area contributed by atoms with Gasteiger partial charge in [0, 0.05) is 5.56 Å². The third kappa shape index (κ3) is 1.97. The maximum atomic E-state index is 10.4. The quantitative estimate of drug-likeness (QED) is 0.799. The Morgan fingerprint density at radius 1 is 1.12 bits per heavy atom. The lowest BCUT2D eigenvalue weighted by Crippen LogP contribution is -1.92. The van der Waals surface area contributed by atoms with Crippen LogP contribution in [-0.2, 0) is 6.61 Å². The van der Waals surface area contributed by atoms with Gasteiger partial charge in [0.05, 0.1) is 18.0 Å². The molecule has 0 saturated heterocycles. The second kappa shape index (κ2) is 4.63. The fourth-order valence-corrected chi connectivity index (χ4v) is 1.46. The third-order valence-electron chi connectivity index (χ3n) is 2.27. The number of aliphatic hydroxyl groups is 1. The van der Waals surface area contributed by atoms with E-state index in [1.165, 1.54) is 0 Å². The third-order valence-corrected chi connectivity index (χ3v) is 2.27. The predicted molar refractivity (Wildman–Crippen MR) is 61.1 cm³/mol. The van der Waals surface area contributed by atoms with E-state index in [9.17, 15) is 4.91 Å². The molecule has 0 unspecified atom stereocenters. The Bertz CT molecular complexity index is 498. The Morgan fingerprint density at radius 2 is 1.88 bits per heavy atom. The van der Waals surface area contributed by atoms with E-state index in [4.69, 9.17) is 5.11 Å². The molecule has 1 N–H and O–H groups in total. The lowest BCUT2D eigenvalue weighted by atomic mass is 10.1. The number of pyridine rings is 1. The van der Waals surface area contributed by atoms with Gasteiger partial charge in [0.2, 0.25) is 0 Å². The molecule has 0 aliphatic rings. The molecule has 0 aliphatic heterocycles. The lowest BCUT2D eigenvalue weighted by Gasteiger charge is -2.04. The van der Waals surface area contributed by atoms with Crippen LogP contribution in [0.3, 0.4) is 0 Å². The summed E-state index contributed by atoms with van der Waals surface area (Å²) in [5, 5.41) is 11.9. The van der Waals surface area contributed by atoms with Crippen molar-refractivity contribution in [3.63, 3.8) is 0 Å². The maximum absolute atomic E-state index is 10.4. The van der Waals surface area contributed by atoms with Crippen LogP contribution in [0.1, 0.15) is 5.69 Å². The molecule has 0 spiro atoms. The van der Waals surface area contributed by atoms with Gasteiger partial charge in [-0.2, -0.15) is 0 Å². The molecule has 0 saturated carbocycles. The number of aromatic nitrogens is 1. The summed E-state index contributed by atoms with van der Waals surface area (Å²) in [6, 6.07) is 12.8. The first kappa shape index (κ1) is 10.4. The molecular weight excluding hydrogens is 204 g/mol. The molecule has 0 atom stereocenters. The van der Waals surface area contributed by atoms with Crippen LogP contribution in [0.2, 0.25) is 0 Å². The Morgan fingerprint density at radius 3 is 2.50 bits per heavy atom. The molecule has 2 rings (SSSR count). The van der Waals surface area contributed by atoms with Crippen LogP contribution in [0, 0.1) is 4.91 Å². The van der Waals surface area contributed by atoms with Crippen LogP contribution in [0.25, 0.3) is 11.3 Å². The average molecular weight is 214 g/mol. The van der Waals surface area contributed by atoms with Crippen molar-refractivity contribution >= 4 is 5.69 Å². The summed E-state index contributed by atoms with van der Waals surface area (Å²) < 4.78 is 0. The SMILES string of the molecule is O=Nc1ccc(-c2ccccc2)nc1CO. The zero-order valence-corrected chi connectivity index (χ0v) is 8.50. The summed E-state index contributed by atoms with van der Waals surface area (Å²) in [4.78, 5) is 14.6. The zero-order chi connectivity index (χ0) is 11.4. The van der Waals surface area contributed by atoms with Crippen LogP contribution in [0.4, 0.5) is 5.69 Å². The van der Waals surface area contributed by atoms with Gasteiger partial charge in [-0.25, -0.2) is 4.98 Å². The fourth-order valence-electron chi connectivity index (χ4n) is 1.46. The monoisotopic (exact) mass is 214 g/mol. The first-order valence-corrected chi connectivity index (χ1v) is 4.84. The predicted octanol–water partition coefficient (Wildman–Crippen LogP) is 2.64. The van der Waals surface area contributed by atoms with E-state index in [2.05, 4.69) is 10.2 Å². The molecule has 4 heteroatoms. The van der Waals surface area contributed by atoms with Crippen LogP contribution in [-0.4, -0.2) is 10.1 Å². The summed E-state index contributed by atoms with van der Waals surface area (Å²) >= 11 is 0. The number of nitroso groups, excluding NO2 is 1. The van der Waals surface area contributed by atoms with Crippen molar-refractivity contribution in [2.45, 2.75) is 6.61 Å². The van der Waals surface area contributed by atoms with E-state index < -0.39 is 0 Å². The smallest absolute Gasteiger partial charge is 0.131 e. The van der Waals surface area contributed by atoms with Gasteiger partial charge < -0.3 is 5.11 Å². The lowest BCUT2D eigenvalue weighted by molar-refractivity contribution is 0.277. The Hall–Kier alpha value is -2.07. The van der Waals surface area contributed by atoms with Gasteiger partial charge in [0.25, 0.3) is 0 Å². The summed E-state index contributed by atoms with van der Waals surface area (Å²) in [5.74, 6) is 0. The van der Waals surface area contributed by atoms with Gasteiger partial charge in [-0.05, 0) is 17.3 Å². The standard InChI is InChI=1S/C12H10N2O2/c15-8-12-11(14-16)7-6-10(13-12)9-4-2-1-3-5-9/h1-7,15H,8H2. The summed E-state index contributed by atoms with van der Waals surface area (Å²) in [5.41, 5.74) is 2.14. The molecule has 16 heavy (non-hydrogen) atoms. The van der Waals surface area contributed by atoms with Gasteiger partial charge in [0.15, 0.2) is 0 Å². The van der Waals surface area contributed by atoms with Crippen molar-refractivity contribution in [3.05, 3.63) is 53.1 Å². The van der Waals surface area contributed by atoms with Gasteiger partial charge in [-0.1, -0.05) is 30.3 Å². The summed E-state index contributed by atoms with van der Waals surface area (Å²) in [6.07, 6.45) is 0. The number of nitrogens with zero attached hydrogens (tertiary/aromatic N) is 2. The number of benzene rings is 1. The highest BCUT2D eigenvalue weighted by Gasteiger charge is 2.06. The van der Waals surface area contributed by atoms with Gasteiger partial charge >= 0.3 is 0 Å². The van der Waals surface area contributed by atoms with E-state index in [1.54, 1.807) is 12.1 Å². The van der Waals surface area contributed by atoms with Crippen molar-refractivity contribution < 1.29 is 5.11 Å². The van der Waals surface area contributed by atoms with Crippen LogP contribution < -0.4 is 0 Å². The second-order valence-corrected chi connectivity index (χ2v) is 3.28. The van der Waals surface area contributed by atoms with Crippen molar-refractivity contribution in [2.75, 3.05) is 0 Å². The van der Waals surface area contributed by atoms with Gasteiger partial charge in [0.1, 0.15) is 5.69 Å². The summed E-state index contributed by atoms with van der Waals surface area (Å²) in [7, 11) is 0. The van der Waals surface area contributed by atoms with E-state index in [0.717, 1.165) is 11.3 Å². The van der Waals surface area contributed by atoms with Crippen molar-refractivity contribution in [3.8, 4) is 11.3 Å². The van der Waals surface area contributed by atoms with Gasteiger partial charge in [-0.3, -0.25) is 0 Å². The highest BCUT2D eigenvalue weighted by atomic mass is 16.3. The number of hydrogen-bond donors (Lipinski definition) is 1. The molecule has 4 nitrogen and oxygen atoms in total. The van der Waals surface area contributed by atoms with E-state index in [-0.39, 0.29) is 12.3 Å². The first-order valence-electron chi connectivity index (χ1n) is 4.84. The van der Waals surface area contributed by atoms with Crippen molar-refractivity contribution in [1.82, 2.24) is 4.98 Å². The van der Waals surface area contributed by atoms with E-state index in [1.807, 2.05) is 30.3 Å². The zero-order valence-electron chi connectivity index (χ0n) is 8.50. The molecule has 0 radical (unpaired) electrons. The number of aliphatic hydroxyl groups excluding tert-OH is 1. The van der Waals surface area contributed by atoms with Crippen molar-refractivity contribution in [2.24, 2.45) is 5.18 Å². The fraction of sp³-hybridized carbons (Fsp3) is 0.0833. The minimum atomic E-state index is -0.290. The van der Waals surface area contributed by atoms with Crippen LogP contribution in [0.5, 0.6) is 0 Å². The van der Waals surface area contributed by atoms with Crippen LogP contribution in [0.15, 0.2) is 47.6 Å². The Balaban J connectivity index is 2.48. The molecule has 80 valence electrons. The molecule has 1 aromatic carbocycles. The Kier molecular flexibility index (Phi) is 3.03. The topological polar surface area (TPSA) is 62.5 Å². The number of rotatable bonds is 3. The highest BCUT2D eigenvalue weighted by molar-refractivity contribution is 5.61. The summed E-state index contributed by atoms with van der Waals surface area (Å²) in [6.45, 7) is -0.290. The molecule has 2 aromatic rings. The molecule has 0 aliphatic carbocycles. The maximum Gasteiger partial charge on any atom is 0.131 e. The normalized spacial score (nSPS) is 10.1. The minimum Gasteiger partial charge on any atom is -0.390 e. The minimum absolute atomic E-state index is 0.183. The first-order chi connectivity index (χ1) is 7.85. The second-order valence-electron chi connectivity index (χ2n) is 3.28. The van der Waals surface area contributed by atoms with Crippen molar-refractivity contribution in [1.29, 1.82) is 0 Å². The average Bonchev–Trinajstić information content (AvgIpc) is 2.39. The van der Waals surface area contributed by atoms with E-state index >= 15 is 0 Å². The molecule has 1 aromatic heterocycles. The molecule has 0 fully saturated rings. The van der Waals surface area contributed by atoms with E-state index in [0.29, 0.717) is 5.69 Å².